The number of hydrogen-bond donors (Lipinski definition) is 2. The van der Waals surface area contributed by atoms with Crippen molar-refractivity contribution < 1.29 is 27.1 Å². The lowest BCUT2D eigenvalue weighted by Crippen LogP contribution is -2.67. The lowest BCUT2D eigenvalue weighted by molar-refractivity contribution is -0.173. The molecule has 1 heterocycles. The molecule has 1 aliphatic rings. The highest BCUT2D eigenvalue weighted by molar-refractivity contribution is 8.28. The molecular formula is C33H38F3N3O5S2Si. The van der Waals surface area contributed by atoms with E-state index in [1.165, 1.54) is 10.8 Å². The van der Waals surface area contributed by atoms with Gasteiger partial charge in [0.1, 0.15) is 5.56 Å². The van der Waals surface area contributed by atoms with Gasteiger partial charge in [-0.3, -0.25) is 19.1 Å². The monoisotopic (exact) mass is 705 g/mol. The maximum Gasteiger partial charge on any atom is 0.471 e. The number of alkyl halides is 3. The van der Waals surface area contributed by atoms with Crippen LogP contribution >= 0.6 is 0 Å². The number of halogens is 3. The number of H-pyrrole nitrogens is 1. The molecule has 4 atom stereocenters. The van der Waals surface area contributed by atoms with Crippen molar-refractivity contribution in [1.29, 1.82) is 0 Å². The van der Waals surface area contributed by atoms with Crippen LogP contribution in [0.2, 0.25) is 5.04 Å². The SMILES string of the molecule is CS(=S)COC1C[C@H](n2cc(C#CCNC(=O)C(F)(F)F)c(=O)[nH]c2=O)C[C@@H]1CO[Si](c1ccccc1)(c1ccccc1)C(C)(C)C. The van der Waals surface area contributed by atoms with Crippen LogP contribution in [0.5, 0.6) is 0 Å². The van der Waals surface area contributed by atoms with Gasteiger partial charge in [0.15, 0.2) is 0 Å². The zero-order valence-corrected chi connectivity index (χ0v) is 29.2. The standard InChI is InChI=1S/C33H38F3N3O5S2Si/c1-32(2,3)47(26-13-7-5-8-14-26,27-15-9-6-10-16-27)44-21-24-18-25(19-28(24)43-22-46(4)45)39-20-23(29(40)38-31(39)42)12-11-17-37-30(41)33(34,35)36/h5-10,13-16,20,24-25,28H,17-19,21-22H2,1-4H3,(H,37,41)(H,38,40,42)/t24-,25-,28?,46?/m1/s1. The van der Waals surface area contributed by atoms with Crippen molar-refractivity contribution >= 4 is 45.2 Å². The Hall–Kier alpha value is -3.35. The Balaban J connectivity index is 1.64. The molecule has 1 saturated carbocycles. The molecule has 47 heavy (non-hydrogen) atoms. The summed E-state index contributed by atoms with van der Waals surface area (Å²) in [6, 6.07) is 20.1. The lowest BCUT2D eigenvalue weighted by atomic mass is 10.1. The maximum atomic E-state index is 13.0. The Labute approximate surface area is 279 Å². The molecule has 2 N–H and O–H groups in total. The van der Waals surface area contributed by atoms with E-state index < -0.39 is 47.6 Å². The van der Waals surface area contributed by atoms with Crippen molar-refractivity contribution in [2.24, 2.45) is 5.92 Å². The molecule has 14 heteroatoms. The van der Waals surface area contributed by atoms with Crippen LogP contribution < -0.4 is 26.9 Å². The van der Waals surface area contributed by atoms with Crippen LogP contribution in [0, 0.1) is 17.8 Å². The van der Waals surface area contributed by atoms with Crippen LogP contribution in [-0.4, -0.2) is 61.4 Å². The van der Waals surface area contributed by atoms with Crippen LogP contribution in [0.15, 0.2) is 76.4 Å². The van der Waals surface area contributed by atoms with E-state index in [9.17, 15) is 27.6 Å². The zero-order valence-electron chi connectivity index (χ0n) is 26.6. The highest BCUT2D eigenvalue weighted by Crippen LogP contribution is 2.40. The number of aromatic amines is 1. The molecule has 2 aromatic carbocycles. The van der Waals surface area contributed by atoms with Gasteiger partial charge in [0.2, 0.25) is 0 Å². The smallest absolute Gasteiger partial charge is 0.407 e. The summed E-state index contributed by atoms with van der Waals surface area (Å²) in [7, 11) is -3.27. The number of benzene rings is 2. The van der Waals surface area contributed by atoms with E-state index in [1.807, 2.05) is 42.7 Å². The van der Waals surface area contributed by atoms with E-state index in [-0.39, 0.29) is 28.7 Å². The molecule has 8 nitrogen and oxygen atoms in total. The number of hydrogen-bond acceptors (Lipinski definition) is 6. The Morgan fingerprint density at radius 1 is 1.06 bits per heavy atom. The van der Waals surface area contributed by atoms with Crippen molar-refractivity contribution in [3.05, 3.63) is 93.3 Å². The summed E-state index contributed by atoms with van der Waals surface area (Å²) in [4.78, 5) is 38.8. The van der Waals surface area contributed by atoms with Gasteiger partial charge in [-0.15, -0.1) is 0 Å². The van der Waals surface area contributed by atoms with E-state index in [4.69, 9.17) is 20.4 Å². The zero-order chi connectivity index (χ0) is 34.4. The first-order valence-corrected chi connectivity index (χ1v) is 19.6. The number of carbonyl (C=O) groups is 1. The summed E-state index contributed by atoms with van der Waals surface area (Å²) in [6.45, 7) is 6.32. The third-order valence-electron chi connectivity index (χ3n) is 8.16. The molecule has 3 aromatic rings. The average molecular weight is 706 g/mol. The second-order valence-electron chi connectivity index (χ2n) is 12.4. The van der Waals surface area contributed by atoms with Gasteiger partial charge in [-0.1, -0.05) is 103 Å². The molecule has 1 aromatic heterocycles. The van der Waals surface area contributed by atoms with E-state index in [2.05, 4.69) is 61.9 Å². The van der Waals surface area contributed by atoms with Crippen LogP contribution in [-0.2, 0) is 34.6 Å². The van der Waals surface area contributed by atoms with Gasteiger partial charge < -0.3 is 14.5 Å². The molecule has 0 spiro atoms. The molecule has 0 radical (unpaired) electrons. The fourth-order valence-corrected chi connectivity index (χ4v) is 11.2. The summed E-state index contributed by atoms with van der Waals surface area (Å²) in [6.07, 6.45) is -1.18. The minimum atomic E-state index is -5.05. The highest BCUT2D eigenvalue weighted by Gasteiger charge is 2.51. The van der Waals surface area contributed by atoms with Gasteiger partial charge in [-0.2, -0.15) is 13.2 Å². The largest absolute Gasteiger partial charge is 0.471 e. The molecule has 2 unspecified atom stereocenters. The number of aromatic nitrogens is 2. The molecule has 1 amide bonds. The lowest BCUT2D eigenvalue weighted by Gasteiger charge is -2.43. The van der Waals surface area contributed by atoms with Gasteiger partial charge in [-0.05, 0) is 45.7 Å². The van der Waals surface area contributed by atoms with Crippen LogP contribution in [0.1, 0.15) is 45.2 Å². The summed E-state index contributed by atoms with van der Waals surface area (Å²) in [5.74, 6) is 2.93. The molecule has 0 aliphatic heterocycles. The number of nitrogens with one attached hydrogen (secondary N) is 2. The summed E-state index contributed by atoms with van der Waals surface area (Å²) in [5.41, 5.74) is -1.53. The van der Waals surface area contributed by atoms with Gasteiger partial charge in [-0.25, -0.2) is 4.79 Å². The summed E-state index contributed by atoms with van der Waals surface area (Å²) >= 11 is 5.39. The van der Waals surface area contributed by atoms with Crippen LogP contribution in [0.4, 0.5) is 13.2 Å². The second kappa shape index (κ2) is 15.2. The first-order chi connectivity index (χ1) is 22.1. The van der Waals surface area contributed by atoms with E-state index in [0.717, 1.165) is 10.4 Å². The minimum absolute atomic E-state index is 0.115. The maximum absolute atomic E-state index is 13.0. The Kier molecular flexibility index (Phi) is 11.8. The molecular weight excluding hydrogens is 668 g/mol. The Morgan fingerprint density at radius 2 is 1.66 bits per heavy atom. The first kappa shape index (κ1) is 36.5. The van der Waals surface area contributed by atoms with Crippen molar-refractivity contribution in [3.8, 4) is 11.8 Å². The summed E-state index contributed by atoms with van der Waals surface area (Å²) in [5, 5.41) is 3.66. The van der Waals surface area contributed by atoms with Crippen molar-refractivity contribution in [3.63, 3.8) is 0 Å². The number of amides is 1. The third kappa shape index (κ3) is 8.77. The van der Waals surface area contributed by atoms with Crippen molar-refractivity contribution in [2.45, 2.75) is 57.0 Å². The van der Waals surface area contributed by atoms with Crippen LogP contribution in [0.3, 0.4) is 0 Å². The molecule has 252 valence electrons. The fraction of sp³-hybridized carbons (Fsp3) is 0.424. The van der Waals surface area contributed by atoms with E-state index in [0.29, 0.717) is 25.4 Å². The number of ether oxygens (including phenoxy) is 1. The molecule has 0 saturated heterocycles. The second-order valence-corrected chi connectivity index (χ2v) is 19.8. The van der Waals surface area contributed by atoms with Gasteiger partial charge in [0.25, 0.3) is 13.9 Å². The number of nitrogens with zero attached hydrogens (tertiary/aromatic N) is 1. The predicted octanol–water partition coefficient (Wildman–Crippen LogP) is 3.15. The van der Waals surface area contributed by atoms with E-state index >= 15 is 0 Å². The topological polar surface area (TPSA) is 102 Å². The highest BCUT2D eigenvalue weighted by atomic mass is 32.8. The van der Waals surface area contributed by atoms with Crippen molar-refractivity contribution in [1.82, 2.24) is 14.9 Å². The average Bonchev–Trinajstić information content (AvgIpc) is 3.42. The molecule has 1 aliphatic carbocycles. The molecule has 1 fully saturated rings. The fourth-order valence-electron chi connectivity index (χ4n) is 6.05. The number of rotatable bonds is 10. The van der Waals surface area contributed by atoms with Crippen molar-refractivity contribution in [2.75, 3.05) is 25.3 Å². The van der Waals surface area contributed by atoms with Crippen LogP contribution in [0.25, 0.3) is 0 Å². The Bertz CT molecular complexity index is 1710. The molecule has 0 bridgehead atoms. The predicted molar refractivity (Wildman–Crippen MR) is 183 cm³/mol. The van der Waals surface area contributed by atoms with E-state index in [1.54, 1.807) is 5.32 Å². The Morgan fingerprint density at radius 3 is 2.19 bits per heavy atom. The van der Waals surface area contributed by atoms with Gasteiger partial charge in [0, 0.05) is 24.8 Å². The quantitative estimate of drug-likeness (QED) is 0.249. The number of carbonyl (C=O) groups excluding carboxylic acids is 1. The van der Waals surface area contributed by atoms with Gasteiger partial charge in [0.05, 0.1) is 18.6 Å². The minimum Gasteiger partial charge on any atom is -0.407 e. The normalized spacial score (nSPS) is 19.1. The summed E-state index contributed by atoms with van der Waals surface area (Å²) < 4.78 is 52.3. The van der Waals surface area contributed by atoms with Gasteiger partial charge >= 0.3 is 17.8 Å². The first-order valence-electron chi connectivity index (χ1n) is 15.0. The third-order valence-corrected chi connectivity index (χ3v) is 13.9. The molecule has 4 rings (SSSR count).